The van der Waals surface area contributed by atoms with Gasteiger partial charge in [0, 0.05) is 24.5 Å². The van der Waals surface area contributed by atoms with Gasteiger partial charge in [-0.25, -0.2) is 9.98 Å². The highest BCUT2D eigenvalue weighted by molar-refractivity contribution is 6.46. The molecule has 7 heteroatoms. The van der Waals surface area contributed by atoms with E-state index in [1.54, 1.807) is 12.4 Å². The van der Waals surface area contributed by atoms with Crippen LogP contribution in [0, 0.1) is 0 Å². The number of carbonyl (C=O) groups excluding carboxylic acids is 2. The average molecular weight is 518 g/mol. The molecule has 1 saturated carbocycles. The smallest absolute Gasteiger partial charge is 0.276 e. The minimum absolute atomic E-state index is 0.0318. The summed E-state index contributed by atoms with van der Waals surface area (Å²) in [5.74, 6) is 0.690. The number of anilines is 1. The van der Waals surface area contributed by atoms with Crippen molar-refractivity contribution in [1.29, 1.82) is 0 Å². The molecule has 0 bridgehead atoms. The molecule has 1 N–H and O–H groups in total. The maximum Gasteiger partial charge on any atom is 0.276 e. The molecule has 0 saturated heterocycles. The number of rotatable bonds is 4. The predicted molar refractivity (Wildman–Crippen MR) is 150 cm³/mol. The van der Waals surface area contributed by atoms with E-state index in [0.717, 1.165) is 36.8 Å². The van der Waals surface area contributed by atoms with Crippen LogP contribution < -0.4 is 5.32 Å². The van der Waals surface area contributed by atoms with Crippen molar-refractivity contribution >= 4 is 29.4 Å². The fourth-order valence-electron chi connectivity index (χ4n) is 6.92. The lowest BCUT2D eigenvalue weighted by atomic mass is 9.79. The molecule has 1 atom stereocenters. The van der Waals surface area contributed by atoms with Crippen LogP contribution in [-0.4, -0.2) is 44.6 Å². The van der Waals surface area contributed by atoms with E-state index in [-0.39, 0.29) is 11.8 Å². The summed E-state index contributed by atoms with van der Waals surface area (Å²) in [6, 6.07) is 16.0. The van der Waals surface area contributed by atoms with E-state index < -0.39 is 11.1 Å². The second kappa shape index (κ2) is 9.26. The number of hydrogen-bond acceptors (Lipinski definition) is 5. The van der Waals surface area contributed by atoms with Crippen molar-refractivity contribution in [2.75, 3.05) is 11.9 Å². The Morgan fingerprint density at radius 2 is 1.72 bits per heavy atom. The maximum absolute atomic E-state index is 13.6. The number of nitrogens with one attached hydrogen (secondary N) is 1. The fourth-order valence-corrected chi connectivity index (χ4v) is 6.92. The topological polar surface area (TPSA) is 87.5 Å². The standard InChI is InChI=1S/C32H31N5O2/c38-29-27(26-11-3-6-16-33-26)36-32(14-4-1-2-5-15-32)37(29)18-8-9-22-12-13-23-20-31(21-24(23)19-22)25-10-7-17-34-28(25)35-30(31)39/h3,6-13,16-17,19H,1-2,4-5,14-15,18,20-21H2,(H,34,35,39). The van der Waals surface area contributed by atoms with E-state index in [1.807, 2.05) is 35.2 Å². The molecule has 2 aliphatic carbocycles. The molecule has 2 spiro atoms. The number of nitrogens with zero attached hydrogens (tertiary/aromatic N) is 4. The average Bonchev–Trinajstić information content (AvgIpc) is 3.48. The van der Waals surface area contributed by atoms with Gasteiger partial charge < -0.3 is 10.2 Å². The van der Waals surface area contributed by atoms with Crippen molar-refractivity contribution in [3.05, 3.63) is 94.9 Å². The molecule has 0 radical (unpaired) electrons. The van der Waals surface area contributed by atoms with E-state index in [2.05, 4.69) is 45.6 Å². The summed E-state index contributed by atoms with van der Waals surface area (Å²) in [5.41, 5.74) is 4.56. The number of benzene rings is 1. The van der Waals surface area contributed by atoms with E-state index >= 15 is 0 Å². The first-order chi connectivity index (χ1) is 19.1. The summed E-state index contributed by atoms with van der Waals surface area (Å²) < 4.78 is 0. The second-order valence-electron chi connectivity index (χ2n) is 11.2. The molecule has 7 nitrogen and oxygen atoms in total. The third kappa shape index (κ3) is 3.90. The van der Waals surface area contributed by atoms with Gasteiger partial charge in [0.05, 0.1) is 11.1 Å². The van der Waals surface area contributed by atoms with Crippen LogP contribution in [0.5, 0.6) is 0 Å². The number of aliphatic imine (C=N–C) groups is 1. The zero-order valence-corrected chi connectivity index (χ0v) is 21.9. The normalized spacial score (nSPS) is 23.3. The first-order valence-corrected chi connectivity index (χ1v) is 14.0. The molecule has 196 valence electrons. The lowest BCUT2D eigenvalue weighted by molar-refractivity contribution is -0.127. The van der Waals surface area contributed by atoms with Gasteiger partial charge in [-0.1, -0.05) is 55.3 Å². The highest BCUT2D eigenvalue weighted by atomic mass is 16.2. The van der Waals surface area contributed by atoms with Crippen molar-refractivity contribution < 1.29 is 9.59 Å². The third-order valence-corrected chi connectivity index (χ3v) is 8.88. The highest BCUT2D eigenvalue weighted by Crippen LogP contribution is 2.46. The summed E-state index contributed by atoms with van der Waals surface area (Å²) in [4.78, 5) is 42.5. The molecule has 4 heterocycles. The molecule has 1 aromatic carbocycles. The van der Waals surface area contributed by atoms with Crippen molar-refractivity contribution in [1.82, 2.24) is 14.9 Å². The largest absolute Gasteiger partial charge is 0.310 e. The SMILES string of the molecule is O=C1C(c2ccccn2)=NC2(CCCCCC2)N1CC=Cc1ccc2c(c1)CC1(C2)C(=O)Nc2ncccc21. The molecule has 2 amide bonds. The van der Waals surface area contributed by atoms with Crippen molar-refractivity contribution in [2.45, 2.75) is 62.4 Å². The van der Waals surface area contributed by atoms with Crippen molar-refractivity contribution in [3.8, 4) is 0 Å². The Kier molecular flexibility index (Phi) is 5.69. The molecule has 4 aliphatic rings. The molecule has 2 aromatic heterocycles. The summed E-state index contributed by atoms with van der Waals surface area (Å²) in [7, 11) is 0. The maximum atomic E-state index is 13.6. The van der Waals surface area contributed by atoms with Crippen LogP contribution in [-0.2, 0) is 27.8 Å². The minimum atomic E-state index is -0.568. The quantitative estimate of drug-likeness (QED) is 0.535. The molecule has 1 unspecified atom stereocenters. The molecular weight excluding hydrogens is 486 g/mol. The number of hydrogen-bond donors (Lipinski definition) is 1. The number of carbonyl (C=O) groups is 2. The van der Waals surface area contributed by atoms with Gasteiger partial charge >= 0.3 is 0 Å². The van der Waals surface area contributed by atoms with Crippen molar-refractivity contribution in [3.63, 3.8) is 0 Å². The number of amides is 2. The Morgan fingerprint density at radius 3 is 2.54 bits per heavy atom. The van der Waals surface area contributed by atoms with Gasteiger partial charge in [-0.05, 0) is 73.4 Å². The molecule has 39 heavy (non-hydrogen) atoms. The second-order valence-corrected chi connectivity index (χ2v) is 11.2. The van der Waals surface area contributed by atoms with Crippen LogP contribution >= 0.6 is 0 Å². The first kappa shape index (κ1) is 23.9. The van der Waals surface area contributed by atoms with Gasteiger partial charge in [-0.15, -0.1) is 0 Å². The lowest BCUT2D eigenvalue weighted by Crippen LogP contribution is -2.46. The number of aromatic nitrogens is 2. The predicted octanol–water partition coefficient (Wildman–Crippen LogP) is 4.86. The van der Waals surface area contributed by atoms with Crippen LogP contribution in [0.3, 0.4) is 0 Å². The van der Waals surface area contributed by atoms with Gasteiger partial charge in [0.1, 0.15) is 11.5 Å². The molecule has 7 rings (SSSR count). The van der Waals surface area contributed by atoms with Gasteiger partial charge in [0.25, 0.3) is 5.91 Å². The van der Waals surface area contributed by atoms with E-state index in [1.165, 1.54) is 24.0 Å². The Labute approximate surface area is 228 Å². The van der Waals surface area contributed by atoms with Gasteiger partial charge in [0.2, 0.25) is 5.91 Å². The summed E-state index contributed by atoms with van der Waals surface area (Å²) >= 11 is 0. The van der Waals surface area contributed by atoms with E-state index in [0.29, 0.717) is 36.6 Å². The first-order valence-electron chi connectivity index (χ1n) is 14.0. The minimum Gasteiger partial charge on any atom is -0.310 e. The monoisotopic (exact) mass is 517 g/mol. The fraction of sp³-hybridized carbons (Fsp3) is 0.344. The van der Waals surface area contributed by atoms with Crippen molar-refractivity contribution in [2.24, 2.45) is 4.99 Å². The Hall–Kier alpha value is -4.13. The highest BCUT2D eigenvalue weighted by Gasteiger charge is 2.51. The zero-order chi connectivity index (χ0) is 26.5. The summed E-state index contributed by atoms with van der Waals surface area (Å²) in [6.07, 6.45) is 15.3. The number of fused-ring (bicyclic) bond motifs is 3. The van der Waals surface area contributed by atoms with Crippen LogP contribution in [0.15, 0.2) is 72.0 Å². The third-order valence-electron chi connectivity index (χ3n) is 8.88. The lowest BCUT2D eigenvalue weighted by Gasteiger charge is -2.35. The van der Waals surface area contributed by atoms with Crippen LogP contribution in [0.2, 0.25) is 0 Å². The van der Waals surface area contributed by atoms with Gasteiger partial charge in [-0.3, -0.25) is 14.6 Å². The van der Waals surface area contributed by atoms with Gasteiger partial charge in [0.15, 0.2) is 5.71 Å². The van der Waals surface area contributed by atoms with Crippen LogP contribution in [0.1, 0.15) is 66.5 Å². The van der Waals surface area contributed by atoms with E-state index in [4.69, 9.17) is 4.99 Å². The van der Waals surface area contributed by atoms with Gasteiger partial charge in [-0.2, -0.15) is 0 Å². The van der Waals surface area contributed by atoms with E-state index in [9.17, 15) is 9.59 Å². The van der Waals surface area contributed by atoms with Crippen LogP contribution in [0.4, 0.5) is 5.82 Å². The Balaban J connectivity index is 1.12. The molecule has 1 fully saturated rings. The molecule has 3 aromatic rings. The summed E-state index contributed by atoms with van der Waals surface area (Å²) in [5, 5.41) is 2.98. The Morgan fingerprint density at radius 1 is 0.897 bits per heavy atom. The molecular formula is C32H31N5O2. The Bertz CT molecular complexity index is 1520. The zero-order valence-electron chi connectivity index (χ0n) is 21.9. The number of pyridine rings is 2. The summed E-state index contributed by atoms with van der Waals surface area (Å²) in [6.45, 7) is 0.501. The van der Waals surface area contributed by atoms with Crippen LogP contribution in [0.25, 0.3) is 6.08 Å². The molecule has 2 aliphatic heterocycles.